The molecule has 6 heteroatoms. The zero-order valence-electron chi connectivity index (χ0n) is 17.7. The van der Waals surface area contributed by atoms with Crippen molar-refractivity contribution in [1.29, 1.82) is 0 Å². The van der Waals surface area contributed by atoms with E-state index in [0.717, 1.165) is 77.6 Å². The lowest BCUT2D eigenvalue weighted by Crippen LogP contribution is -2.41. The van der Waals surface area contributed by atoms with Crippen LogP contribution in [0.15, 0.2) is 4.99 Å². The summed E-state index contributed by atoms with van der Waals surface area (Å²) in [5, 5.41) is 6.77. The zero-order valence-corrected chi connectivity index (χ0v) is 17.7. The summed E-state index contributed by atoms with van der Waals surface area (Å²) < 4.78 is 11.3. The molecule has 1 saturated heterocycles. The molecule has 6 nitrogen and oxygen atoms in total. The highest BCUT2D eigenvalue weighted by atomic mass is 16.5. The van der Waals surface area contributed by atoms with Crippen molar-refractivity contribution in [3.05, 3.63) is 0 Å². The molecule has 0 aliphatic carbocycles. The molecule has 2 N–H and O–H groups in total. The van der Waals surface area contributed by atoms with Gasteiger partial charge in [-0.1, -0.05) is 0 Å². The summed E-state index contributed by atoms with van der Waals surface area (Å²) >= 11 is 0. The van der Waals surface area contributed by atoms with E-state index in [1.54, 1.807) is 0 Å². The normalized spacial score (nSPS) is 16.7. The van der Waals surface area contributed by atoms with Gasteiger partial charge in [-0.15, -0.1) is 0 Å². The van der Waals surface area contributed by atoms with Crippen molar-refractivity contribution in [2.75, 3.05) is 46.0 Å². The van der Waals surface area contributed by atoms with Crippen LogP contribution < -0.4 is 10.6 Å². The van der Waals surface area contributed by atoms with Gasteiger partial charge in [0.15, 0.2) is 5.96 Å². The smallest absolute Gasteiger partial charge is 0.191 e. The molecule has 0 saturated carbocycles. The van der Waals surface area contributed by atoms with E-state index in [1.165, 1.54) is 0 Å². The second-order valence-electron chi connectivity index (χ2n) is 7.50. The molecule has 1 rings (SSSR count). The average Bonchev–Trinajstić information content (AvgIpc) is 2.61. The lowest BCUT2D eigenvalue weighted by Gasteiger charge is -2.30. The second kappa shape index (κ2) is 14.2. The predicted octanol–water partition coefficient (Wildman–Crippen LogP) is 2.64. The Labute approximate surface area is 161 Å². The molecule has 1 aliphatic rings. The Morgan fingerprint density at radius 3 is 2.42 bits per heavy atom. The lowest BCUT2D eigenvalue weighted by atomic mass is 10.1. The van der Waals surface area contributed by atoms with Gasteiger partial charge in [-0.25, -0.2) is 0 Å². The molecule has 0 spiro atoms. The highest BCUT2D eigenvalue weighted by molar-refractivity contribution is 5.79. The summed E-state index contributed by atoms with van der Waals surface area (Å²) in [6.07, 6.45) is 4.51. The quantitative estimate of drug-likeness (QED) is 0.314. The van der Waals surface area contributed by atoms with E-state index < -0.39 is 0 Å². The fourth-order valence-corrected chi connectivity index (χ4v) is 3.27. The van der Waals surface area contributed by atoms with Crippen molar-refractivity contribution >= 4 is 5.96 Å². The van der Waals surface area contributed by atoms with E-state index in [1.807, 2.05) is 0 Å². The van der Waals surface area contributed by atoms with Gasteiger partial charge in [-0.2, -0.15) is 0 Å². The van der Waals surface area contributed by atoms with Gasteiger partial charge in [0.2, 0.25) is 0 Å². The Hall–Kier alpha value is -0.850. The SMILES string of the molecule is CCNC(=NCCCOC1CCOCC1)NCCCN(C(C)C)C(C)C. The second-order valence-corrected chi connectivity index (χ2v) is 7.50. The summed E-state index contributed by atoms with van der Waals surface area (Å²) in [6, 6.07) is 1.18. The van der Waals surface area contributed by atoms with E-state index in [4.69, 9.17) is 9.47 Å². The number of rotatable bonds is 12. The highest BCUT2D eigenvalue weighted by Gasteiger charge is 2.13. The van der Waals surface area contributed by atoms with Gasteiger partial charge in [0.1, 0.15) is 0 Å². The topological polar surface area (TPSA) is 58.1 Å². The largest absolute Gasteiger partial charge is 0.381 e. The number of nitrogens with zero attached hydrogens (tertiary/aromatic N) is 2. The molecule has 26 heavy (non-hydrogen) atoms. The van der Waals surface area contributed by atoms with Crippen LogP contribution >= 0.6 is 0 Å². The third kappa shape index (κ3) is 10.3. The van der Waals surface area contributed by atoms with Crippen molar-refractivity contribution < 1.29 is 9.47 Å². The molecule has 0 aromatic carbocycles. The van der Waals surface area contributed by atoms with Crippen LogP contribution in [0.3, 0.4) is 0 Å². The zero-order chi connectivity index (χ0) is 19.2. The van der Waals surface area contributed by atoms with Crippen LogP contribution in [0.25, 0.3) is 0 Å². The fraction of sp³-hybridized carbons (Fsp3) is 0.950. The summed E-state index contributed by atoms with van der Waals surface area (Å²) in [5.41, 5.74) is 0. The Balaban J connectivity index is 2.19. The molecule has 0 aromatic heterocycles. The summed E-state index contributed by atoms with van der Waals surface area (Å²) in [5.74, 6) is 0.916. The first-order chi connectivity index (χ1) is 12.5. The molecule has 1 aliphatic heterocycles. The van der Waals surface area contributed by atoms with Crippen molar-refractivity contribution in [1.82, 2.24) is 15.5 Å². The van der Waals surface area contributed by atoms with Gasteiger partial charge >= 0.3 is 0 Å². The molecule has 0 bridgehead atoms. The molecular formula is C20H42N4O2. The number of guanidine groups is 1. The molecule has 0 amide bonds. The van der Waals surface area contributed by atoms with Gasteiger partial charge in [0.25, 0.3) is 0 Å². The summed E-state index contributed by atoms with van der Waals surface area (Å²) in [6.45, 7) is 17.4. The van der Waals surface area contributed by atoms with E-state index in [9.17, 15) is 0 Å². The Kier molecular flexibility index (Phi) is 12.7. The predicted molar refractivity (Wildman–Crippen MR) is 110 cm³/mol. The van der Waals surface area contributed by atoms with Crippen LogP contribution in [-0.2, 0) is 9.47 Å². The minimum Gasteiger partial charge on any atom is -0.381 e. The molecule has 1 fully saturated rings. The Bertz CT molecular complexity index is 361. The molecule has 1 heterocycles. The lowest BCUT2D eigenvalue weighted by molar-refractivity contribution is -0.0318. The van der Waals surface area contributed by atoms with Crippen LogP contribution in [0.1, 0.15) is 60.3 Å². The number of ether oxygens (including phenoxy) is 2. The van der Waals surface area contributed by atoms with E-state index >= 15 is 0 Å². The average molecular weight is 371 g/mol. The molecule has 154 valence electrons. The maximum absolute atomic E-state index is 5.90. The number of nitrogens with one attached hydrogen (secondary N) is 2. The van der Waals surface area contributed by atoms with E-state index in [-0.39, 0.29) is 0 Å². The standard InChI is InChI=1S/C20H42N4O2/c1-6-21-20(22-11-7-13-24(17(2)3)18(4)5)23-12-8-14-26-19-9-15-25-16-10-19/h17-19H,6-16H2,1-5H3,(H2,21,22,23). The first kappa shape index (κ1) is 23.2. The van der Waals surface area contributed by atoms with E-state index in [2.05, 4.69) is 55.1 Å². The molecular weight excluding hydrogens is 328 g/mol. The van der Waals surface area contributed by atoms with E-state index in [0.29, 0.717) is 18.2 Å². The number of hydrogen-bond acceptors (Lipinski definition) is 4. The maximum atomic E-state index is 5.90. The Morgan fingerprint density at radius 1 is 1.12 bits per heavy atom. The Morgan fingerprint density at radius 2 is 1.81 bits per heavy atom. The van der Waals surface area contributed by atoms with Crippen LogP contribution in [-0.4, -0.2) is 75.0 Å². The first-order valence-electron chi connectivity index (χ1n) is 10.5. The summed E-state index contributed by atoms with van der Waals surface area (Å²) in [4.78, 5) is 7.19. The third-order valence-corrected chi connectivity index (χ3v) is 4.65. The van der Waals surface area contributed by atoms with Gasteiger partial charge in [0.05, 0.1) is 6.10 Å². The first-order valence-corrected chi connectivity index (χ1v) is 10.5. The van der Waals surface area contributed by atoms with Crippen LogP contribution in [0, 0.1) is 0 Å². The molecule has 0 radical (unpaired) electrons. The van der Waals surface area contributed by atoms with Crippen LogP contribution in [0.2, 0.25) is 0 Å². The van der Waals surface area contributed by atoms with Crippen molar-refractivity contribution in [2.45, 2.75) is 78.5 Å². The van der Waals surface area contributed by atoms with Crippen molar-refractivity contribution in [2.24, 2.45) is 4.99 Å². The van der Waals surface area contributed by atoms with Gasteiger partial charge < -0.3 is 20.1 Å². The van der Waals surface area contributed by atoms with Gasteiger partial charge in [-0.05, 0) is 60.3 Å². The molecule has 0 unspecified atom stereocenters. The maximum Gasteiger partial charge on any atom is 0.191 e. The number of hydrogen-bond donors (Lipinski definition) is 2. The van der Waals surface area contributed by atoms with Crippen molar-refractivity contribution in [3.63, 3.8) is 0 Å². The van der Waals surface area contributed by atoms with Crippen LogP contribution in [0.4, 0.5) is 0 Å². The van der Waals surface area contributed by atoms with Gasteiger partial charge in [0, 0.05) is 58.1 Å². The van der Waals surface area contributed by atoms with Gasteiger partial charge in [-0.3, -0.25) is 9.89 Å². The third-order valence-electron chi connectivity index (χ3n) is 4.65. The molecule has 0 aromatic rings. The molecule has 0 atom stereocenters. The van der Waals surface area contributed by atoms with Crippen LogP contribution in [0.5, 0.6) is 0 Å². The minimum atomic E-state index is 0.379. The monoisotopic (exact) mass is 370 g/mol. The fourth-order valence-electron chi connectivity index (χ4n) is 3.27. The summed E-state index contributed by atoms with van der Waals surface area (Å²) in [7, 11) is 0. The minimum absolute atomic E-state index is 0.379. The van der Waals surface area contributed by atoms with Crippen molar-refractivity contribution in [3.8, 4) is 0 Å². The number of aliphatic imine (C=N–C) groups is 1. The highest BCUT2D eigenvalue weighted by Crippen LogP contribution is 2.10.